The van der Waals surface area contributed by atoms with Crippen LogP contribution in [0.15, 0.2) is 48.5 Å². The number of benzene rings is 2. The number of hydrogen-bond donors (Lipinski definition) is 3. The van der Waals surface area contributed by atoms with Gasteiger partial charge in [-0.1, -0.05) is 12.1 Å². The maximum atomic E-state index is 11.9. The molecule has 0 aliphatic carbocycles. The number of anilines is 1. The number of nitro groups is 1. The first-order valence-electron chi connectivity index (χ1n) is 6.72. The standard InChI is InChI=1S/C15H15N3O5/c1-10(23-12-8-6-11(19)7-9-12)16-15(20)17-13-4-2-3-5-14(13)18(21)22/h2-10,19H,1H3,(H2,16,17,20). The van der Waals surface area contributed by atoms with Crippen molar-refractivity contribution >= 4 is 17.4 Å². The molecule has 2 aromatic carbocycles. The Bertz CT molecular complexity index is 703. The second-order valence-electron chi connectivity index (χ2n) is 4.63. The Balaban J connectivity index is 1.94. The molecule has 3 N–H and O–H groups in total. The van der Waals surface area contributed by atoms with E-state index in [0.717, 1.165) is 0 Å². The maximum absolute atomic E-state index is 11.9. The van der Waals surface area contributed by atoms with Crippen LogP contribution in [0.25, 0.3) is 0 Å². The molecule has 0 saturated carbocycles. The fourth-order valence-corrected chi connectivity index (χ4v) is 1.84. The van der Waals surface area contributed by atoms with Crippen molar-refractivity contribution < 1.29 is 19.6 Å². The lowest BCUT2D eigenvalue weighted by atomic mass is 10.3. The zero-order valence-electron chi connectivity index (χ0n) is 12.2. The monoisotopic (exact) mass is 317 g/mol. The van der Waals surface area contributed by atoms with Crippen molar-refractivity contribution in [1.82, 2.24) is 5.32 Å². The average Bonchev–Trinajstić information content (AvgIpc) is 2.49. The topological polar surface area (TPSA) is 114 Å². The van der Waals surface area contributed by atoms with Gasteiger partial charge in [0.15, 0.2) is 6.23 Å². The van der Waals surface area contributed by atoms with Crippen molar-refractivity contribution in [3.8, 4) is 11.5 Å². The van der Waals surface area contributed by atoms with Crippen molar-refractivity contribution in [2.24, 2.45) is 0 Å². The normalized spacial score (nSPS) is 11.3. The van der Waals surface area contributed by atoms with Crippen molar-refractivity contribution in [2.75, 3.05) is 5.32 Å². The smallest absolute Gasteiger partial charge is 0.322 e. The lowest BCUT2D eigenvalue weighted by molar-refractivity contribution is -0.383. The third-order valence-corrected chi connectivity index (χ3v) is 2.83. The minimum Gasteiger partial charge on any atom is -0.508 e. The fraction of sp³-hybridized carbons (Fsp3) is 0.133. The third-order valence-electron chi connectivity index (χ3n) is 2.83. The highest BCUT2D eigenvalue weighted by Gasteiger charge is 2.16. The van der Waals surface area contributed by atoms with Crippen LogP contribution < -0.4 is 15.4 Å². The Morgan fingerprint density at radius 2 is 1.87 bits per heavy atom. The van der Waals surface area contributed by atoms with Gasteiger partial charge in [-0.25, -0.2) is 4.79 Å². The molecule has 8 nitrogen and oxygen atoms in total. The number of urea groups is 1. The van der Waals surface area contributed by atoms with Crippen molar-refractivity contribution in [1.29, 1.82) is 0 Å². The first-order valence-corrected chi connectivity index (χ1v) is 6.72. The molecule has 0 aliphatic heterocycles. The summed E-state index contributed by atoms with van der Waals surface area (Å²) in [5.74, 6) is 0.563. The molecule has 8 heteroatoms. The van der Waals surface area contributed by atoms with Gasteiger partial charge >= 0.3 is 6.03 Å². The Hall–Kier alpha value is -3.29. The molecular formula is C15H15N3O5. The summed E-state index contributed by atoms with van der Waals surface area (Å²) >= 11 is 0. The summed E-state index contributed by atoms with van der Waals surface area (Å²) in [5.41, 5.74) is -0.110. The number of carbonyl (C=O) groups is 1. The molecule has 1 atom stereocenters. The zero-order valence-corrected chi connectivity index (χ0v) is 12.2. The van der Waals surface area contributed by atoms with Gasteiger partial charge in [0.2, 0.25) is 0 Å². The van der Waals surface area contributed by atoms with Gasteiger partial charge in [0, 0.05) is 6.07 Å². The molecule has 0 fully saturated rings. The highest BCUT2D eigenvalue weighted by molar-refractivity contribution is 5.91. The van der Waals surface area contributed by atoms with E-state index in [-0.39, 0.29) is 17.1 Å². The lowest BCUT2D eigenvalue weighted by Crippen LogP contribution is -2.39. The SMILES string of the molecule is CC(NC(=O)Nc1ccccc1[N+](=O)[O-])Oc1ccc(O)cc1. The van der Waals surface area contributed by atoms with Crippen LogP contribution in [0.1, 0.15) is 6.92 Å². The van der Waals surface area contributed by atoms with E-state index in [4.69, 9.17) is 4.74 Å². The highest BCUT2D eigenvalue weighted by atomic mass is 16.6. The van der Waals surface area contributed by atoms with Crippen molar-refractivity contribution in [3.05, 3.63) is 58.6 Å². The molecule has 2 aromatic rings. The number of hydrogen-bond acceptors (Lipinski definition) is 5. The summed E-state index contributed by atoms with van der Waals surface area (Å²) in [4.78, 5) is 22.2. The number of nitro benzene ring substituents is 1. The maximum Gasteiger partial charge on any atom is 0.322 e. The molecule has 0 bridgehead atoms. The summed E-state index contributed by atoms with van der Waals surface area (Å²) in [6, 6.07) is 11.2. The number of phenols is 1. The first-order chi connectivity index (χ1) is 11.0. The Kier molecular flexibility index (Phi) is 4.98. The molecule has 0 saturated heterocycles. The van der Waals surface area contributed by atoms with Gasteiger partial charge < -0.3 is 20.5 Å². The van der Waals surface area contributed by atoms with E-state index in [1.807, 2.05) is 0 Å². The number of carbonyl (C=O) groups excluding carboxylic acids is 1. The van der Waals surface area contributed by atoms with Gasteiger partial charge in [-0.3, -0.25) is 10.1 Å². The van der Waals surface area contributed by atoms with Crippen molar-refractivity contribution in [2.45, 2.75) is 13.2 Å². The average molecular weight is 317 g/mol. The second kappa shape index (κ2) is 7.12. The number of rotatable bonds is 5. The van der Waals surface area contributed by atoms with E-state index in [1.54, 1.807) is 25.1 Å². The minimum atomic E-state index is -0.678. The van der Waals surface area contributed by atoms with Gasteiger partial charge in [-0.2, -0.15) is 0 Å². The van der Waals surface area contributed by atoms with E-state index < -0.39 is 17.2 Å². The van der Waals surface area contributed by atoms with E-state index in [1.165, 1.54) is 30.3 Å². The van der Waals surface area contributed by atoms with Crippen LogP contribution >= 0.6 is 0 Å². The van der Waals surface area contributed by atoms with E-state index in [0.29, 0.717) is 5.75 Å². The molecule has 0 aliphatic rings. The Morgan fingerprint density at radius 1 is 1.22 bits per heavy atom. The molecule has 23 heavy (non-hydrogen) atoms. The van der Waals surface area contributed by atoms with E-state index >= 15 is 0 Å². The molecule has 0 heterocycles. The molecular weight excluding hydrogens is 302 g/mol. The van der Waals surface area contributed by atoms with Crippen molar-refractivity contribution in [3.63, 3.8) is 0 Å². The molecule has 120 valence electrons. The number of amides is 2. The van der Waals surface area contributed by atoms with Gasteiger partial charge in [-0.15, -0.1) is 0 Å². The number of ether oxygens (including phenoxy) is 1. The van der Waals surface area contributed by atoms with Crippen LogP contribution in [0.5, 0.6) is 11.5 Å². The zero-order chi connectivity index (χ0) is 16.8. The molecule has 0 radical (unpaired) electrons. The largest absolute Gasteiger partial charge is 0.508 e. The van der Waals surface area contributed by atoms with Crippen LogP contribution in [0.3, 0.4) is 0 Å². The minimum absolute atomic E-state index is 0.0897. The molecule has 2 amide bonds. The van der Waals surface area contributed by atoms with Crippen LogP contribution in [0.2, 0.25) is 0 Å². The number of nitrogens with one attached hydrogen (secondary N) is 2. The van der Waals surface area contributed by atoms with Gasteiger partial charge in [0.1, 0.15) is 17.2 Å². The fourth-order valence-electron chi connectivity index (χ4n) is 1.84. The summed E-state index contributed by atoms with van der Waals surface area (Å²) in [5, 5.41) is 25.0. The molecule has 1 unspecified atom stereocenters. The second-order valence-corrected chi connectivity index (χ2v) is 4.63. The predicted molar refractivity (Wildman–Crippen MR) is 83.4 cm³/mol. The van der Waals surface area contributed by atoms with Crippen LogP contribution in [0, 0.1) is 10.1 Å². The summed E-state index contributed by atoms with van der Waals surface area (Å²) in [7, 11) is 0. The van der Waals surface area contributed by atoms with Gasteiger partial charge in [0.05, 0.1) is 4.92 Å². The van der Waals surface area contributed by atoms with Crippen LogP contribution in [-0.2, 0) is 0 Å². The van der Waals surface area contributed by atoms with Gasteiger partial charge in [-0.05, 0) is 37.3 Å². The number of aromatic hydroxyl groups is 1. The third kappa shape index (κ3) is 4.60. The summed E-state index contributed by atoms with van der Waals surface area (Å²) in [6.07, 6.45) is -0.678. The molecule has 2 rings (SSSR count). The predicted octanol–water partition coefficient (Wildman–Crippen LogP) is 2.85. The first kappa shape index (κ1) is 16.1. The molecule has 0 aromatic heterocycles. The quantitative estimate of drug-likeness (QED) is 0.446. The van der Waals surface area contributed by atoms with Crippen LogP contribution in [0.4, 0.5) is 16.2 Å². The Morgan fingerprint density at radius 3 is 2.52 bits per heavy atom. The van der Waals surface area contributed by atoms with E-state index in [2.05, 4.69) is 10.6 Å². The van der Waals surface area contributed by atoms with Gasteiger partial charge in [0.25, 0.3) is 5.69 Å². The molecule has 0 spiro atoms. The summed E-state index contributed by atoms with van der Waals surface area (Å²) in [6.45, 7) is 1.60. The van der Waals surface area contributed by atoms with Crippen LogP contribution in [-0.4, -0.2) is 22.3 Å². The number of para-hydroxylation sites is 2. The number of phenolic OH excluding ortho intramolecular Hbond substituents is 1. The Labute approximate surface area is 131 Å². The lowest BCUT2D eigenvalue weighted by Gasteiger charge is -2.16. The highest BCUT2D eigenvalue weighted by Crippen LogP contribution is 2.23. The summed E-state index contributed by atoms with van der Waals surface area (Å²) < 4.78 is 5.44. The van der Waals surface area contributed by atoms with E-state index in [9.17, 15) is 20.0 Å². The number of nitrogens with zero attached hydrogens (tertiary/aromatic N) is 1.